The molecule has 1 unspecified atom stereocenters. The van der Waals surface area contributed by atoms with Crippen molar-refractivity contribution < 1.29 is 4.74 Å². The Morgan fingerprint density at radius 2 is 2.10 bits per heavy atom. The first-order valence-corrected chi connectivity index (χ1v) is 8.25. The van der Waals surface area contributed by atoms with E-state index in [1.54, 1.807) is 0 Å². The van der Waals surface area contributed by atoms with Gasteiger partial charge in [0.05, 0.1) is 13.2 Å². The molecule has 0 aliphatic carbocycles. The van der Waals surface area contributed by atoms with Gasteiger partial charge in [0.25, 0.3) is 0 Å². The monoisotopic (exact) mass is 289 g/mol. The van der Waals surface area contributed by atoms with E-state index in [9.17, 15) is 0 Å². The highest BCUT2D eigenvalue weighted by Crippen LogP contribution is 2.37. The van der Waals surface area contributed by atoms with Gasteiger partial charge in [0.15, 0.2) is 0 Å². The van der Waals surface area contributed by atoms with E-state index in [2.05, 4.69) is 33.8 Å². The van der Waals surface area contributed by atoms with Crippen molar-refractivity contribution in [3.05, 3.63) is 30.1 Å². The number of likely N-dealkylation sites (tertiary alicyclic amines) is 1. The van der Waals surface area contributed by atoms with Gasteiger partial charge in [-0.25, -0.2) is 0 Å². The molecule has 2 saturated heterocycles. The summed E-state index contributed by atoms with van der Waals surface area (Å²) in [5.74, 6) is 0. The molecule has 4 nitrogen and oxygen atoms in total. The second-order valence-electron chi connectivity index (χ2n) is 6.41. The van der Waals surface area contributed by atoms with E-state index in [1.807, 2.05) is 12.4 Å². The van der Waals surface area contributed by atoms with Gasteiger partial charge in [-0.3, -0.25) is 14.8 Å². The average molecular weight is 289 g/mol. The van der Waals surface area contributed by atoms with Gasteiger partial charge in [-0.2, -0.15) is 0 Å². The van der Waals surface area contributed by atoms with E-state index in [1.165, 1.54) is 44.5 Å². The van der Waals surface area contributed by atoms with Crippen LogP contribution >= 0.6 is 0 Å². The van der Waals surface area contributed by atoms with Crippen LogP contribution in [0.1, 0.15) is 31.7 Å². The number of rotatable bonds is 5. The highest BCUT2D eigenvalue weighted by molar-refractivity contribution is 5.21. The summed E-state index contributed by atoms with van der Waals surface area (Å²) in [6.07, 6.45) is 7.69. The fraction of sp³-hybridized carbons (Fsp3) is 0.706. The largest absolute Gasteiger partial charge is 0.379 e. The van der Waals surface area contributed by atoms with Crippen LogP contribution in [0.3, 0.4) is 0 Å². The molecule has 2 aliphatic rings. The lowest BCUT2D eigenvalue weighted by Crippen LogP contribution is -2.41. The maximum Gasteiger partial charge on any atom is 0.0594 e. The third-order valence-electron chi connectivity index (χ3n) is 5.08. The molecule has 4 heteroatoms. The Morgan fingerprint density at radius 3 is 2.86 bits per heavy atom. The summed E-state index contributed by atoms with van der Waals surface area (Å²) in [5, 5.41) is 0. The number of hydrogen-bond donors (Lipinski definition) is 0. The lowest BCUT2D eigenvalue weighted by atomic mass is 9.90. The summed E-state index contributed by atoms with van der Waals surface area (Å²) < 4.78 is 5.41. The predicted octanol–water partition coefficient (Wildman–Crippen LogP) is 2.11. The molecule has 0 saturated carbocycles. The van der Waals surface area contributed by atoms with Gasteiger partial charge in [-0.1, -0.05) is 6.07 Å². The third kappa shape index (κ3) is 3.44. The van der Waals surface area contributed by atoms with Crippen molar-refractivity contribution in [2.24, 2.45) is 0 Å². The smallest absolute Gasteiger partial charge is 0.0594 e. The second kappa shape index (κ2) is 6.86. The molecule has 0 spiro atoms. The summed E-state index contributed by atoms with van der Waals surface area (Å²) in [7, 11) is 0. The van der Waals surface area contributed by atoms with Crippen LogP contribution in [0.15, 0.2) is 24.5 Å². The minimum atomic E-state index is 0.180. The minimum Gasteiger partial charge on any atom is -0.379 e. The zero-order valence-corrected chi connectivity index (χ0v) is 13.1. The van der Waals surface area contributed by atoms with E-state index in [-0.39, 0.29) is 5.54 Å². The zero-order valence-electron chi connectivity index (χ0n) is 13.1. The molecule has 116 valence electrons. The van der Waals surface area contributed by atoms with Crippen molar-refractivity contribution in [3.63, 3.8) is 0 Å². The molecule has 0 amide bonds. The van der Waals surface area contributed by atoms with Crippen molar-refractivity contribution in [2.75, 3.05) is 45.9 Å². The fourth-order valence-electron chi connectivity index (χ4n) is 3.70. The standard InChI is InChI=1S/C17H27N3O/c1-17(16-5-2-7-18-15-16)6-3-9-20(17)10-4-8-19-11-13-21-14-12-19/h2,5,7,15H,3-4,6,8-14H2,1H3. The topological polar surface area (TPSA) is 28.6 Å². The molecular formula is C17H27N3O. The van der Waals surface area contributed by atoms with Crippen LogP contribution in [-0.4, -0.2) is 60.7 Å². The molecule has 1 atom stereocenters. The van der Waals surface area contributed by atoms with Gasteiger partial charge in [0.2, 0.25) is 0 Å². The van der Waals surface area contributed by atoms with Crippen LogP contribution in [0, 0.1) is 0 Å². The first kappa shape index (κ1) is 14.9. The number of ether oxygens (including phenoxy) is 1. The third-order valence-corrected chi connectivity index (χ3v) is 5.08. The number of aromatic nitrogens is 1. The average Bonchev–Trinajstić information content (AvgIpc) is 2.92. The predicted molar refractivity (Wildman–Crippen MR) is 84.3 cm³/mol. The quantitative estimate of drug-likeness (QED) is 0.830. The van der Waals surface area contributed by atoms with Crippen LogP contribution in [0.5, 0.6) is 0 Å². The molecular weight excluding hydrogens is 262 g/mol. The van der Waals surface area contributed by atoms with Crippen molar-refractivity contribution in [1.29, 1.82) is 0 Å². The summed E-state index contributed by atoms with van der Waals surface area (Å²) >= 11 is 0. The summed E-state index contributed by atoms with van der Waals surface area (Å²) in [5.41, 5.74) is 1.55. The Kier molecular flexibility index (Phi) is 4.88. The van der Waals surface area contributed by atoms with Gasteiger partial charge < -0.3 is 4.74 Å². The van der Waals surface area contributed by atoms with E-state index < -0.39 is 0 Å². The van der Waals surface area contributed by atoms with E-state index >= 15 is 0 Å². The van der Waals surface area contributed by atoms with Crippen molar-refractivity contribution in [2.45, 2.75) is 31.7 Å². The lowest BCUT2D eigenvalue weighted by Gasteiger charge is -2.36. The highest BCUT2D eigenvalue weighted by Gasteiger charge is 2.37. The normalized spacial score (nSPS) is 28.0. The minimum absolute atomic E-state index is 0.180. The summed E-state index contributed by atoms with van der Waals surface area (Å²) in [6, 6.07) is 4.29. The van der Waals surface area contributed by atoms with Crippen molar-refractivity contribution in [3.8, 4) is 0 Å². The number of pyridine rings is 1. The van der Waals surface area contributed by atoms with Crippen molar-refractivity contribution >= 4 is 0 Å². The Balaban J connectivity index is 1.54. The first-order chi connectivity index (χ1) is 10.3. The molecule has 2 aliphatic heterocycles. The Hall–Kier alpha value is -0.970. The van der Waals surface area contributed by atoms with Crippen LogP contribution < -0.4 is 0 Å². The molecule has 1 aromatic rings. The molecule has 0 bridgehead atoms. The van der Waals surface area contributed by atoms with E-state index in [0.29, 0.717) is 0 Å². The van der Waals surface area contributed by atoms with E-state index in [4.69, 9.17) is 4.74 Å². The van der Waals surface area contributed by atoms with Crippen LogP contribution in [0.2, 0.25) is 0 Å². The SMILES string of the molecule is CC1(c2cccnc2)CCCN1CCCN1CCOCC1. The molecule has 0 aromatic carbocycles. The second-order valence-corrected chi connectivity index (χ2v) is 6.41. The molecule has 21 heavy (non-hydrogen) atoms. The summed E-state index contributed by atoms with van der Waals surface area (Å²) in [4.78, 5) is 9.50. The molecule has 3 heterocycles. The number of nitrogens with zero attached hydrogens (tertiary/aromatic N) is 3. The molecule has 0 radical (unpaired) electrons. The Labute approximate surface area is 128 Å². The van der Waals surface area contributed by atoms with Crippen molar-refractivity contribution in [1.82, 2.24) is 14.8 Å². The zero-order chi connectivity index (χ0) is 14.5. The van der Waals surface area contributed by atoms with Crippen LogP contribution in [0.25, 0.3) is 0 Å². The Bertz CT molecular complexity index is 433. The van der Waals surface area contributed by atoms with Gasteiger partial charge in [0, 0.05) is 37.6 Å². The maximum atomic E-state index is 5.41. The van der Waals surface area contributed by atoms with Crippen LogP contribution in [0.4, 0.5) is 0 Å². The van der Waals surface area contributed by atoms with Crippen LogP contribution in [-0.2, 0) is 10.3 Å². The highest BCUT2D eigenvalue weighted by atomic mass is 16.5. The van der Waals surface area contributed by atoms with Gasteiger partial charge in [-0.15, -0.1) is 0 Å². The Morgan fingerprint density at radius 1 is 1.24 bits per heavy atom. The molecule has 3 rings (SSSR count). The fourth-order valence-corrected chi connectivity index (χ4v) is 3.70. The summed E-state index contributed by atoms with van der Waals surface area (Å²) in [6.45, 7) is 9.97. The number of hydrogen-bond acceptors (Lipinski definition) is 4. The van der Waals surface area contributed by atoms with Gasteiger partial charge >= 0.3 is 0 Å². The first-order valence-electron chi connectivity index (χ1n) is 8.25. The molecule has 2 fully saturated rings. The molecule has 1 aromatic heterocycles. The van der Waals surface area contributed by atoms with E-state index in [0.717, 1.165) is 26.3 Å². The van der Waals surface area contributed by atoms with Gasteiger partial charge in [-0.05, 0) is 50.9 Å². The lowest BCUT2D eigenvalue weighted by molar-refractivity contribution is 0.0346. The van der Waals surface area contributed by atoms with Gasteiger partial charge in [0.1, 0.15) is 0 Å². The molecule has 0 N–H and O–H groups in total. The maximum absolute atomic E-state index is 5.41. The number of morpholine rings is 1.